The Morgan fingerprint density at radius 2 is 1.79 bits per heavy atom. The minimum atomic E-state index is -1.43. The third-order valence-corrected chi connectivity index (χ3v) is 5.92. The molecule has 0 radical (unpaired) electrons. The Hall–Kier alpha value is -3.67. The lowest BCUT2D eigenvalue weighted by molar-refractivity contribution is -0.124. The van der Waals surface area contributed by atoms with Crippen molar-refractivity contribution in [1.29, 1.82) is 0 Å². The fourth-order valence-electron chi connectivity index (χ4n) is 3.39. The van der Waals surface area contributed by atoms with Crippen molar-refractivity contribution in [2.75, 3.05) is 30.7 Å². The maximum Gasteiger partial charge on any atom is 0.410 e. The van der Waals surface area contributed by atoms with Gasteiger partial charge in [0.25, 0.3) is 5.91 Å². The lowest BCUT2D eigenvalue weighted by Crippen LogP contribution is -2.43. The van der Waals surface area contributed by atoms with Crippen molar-refractivity contribution in [2.45, 2.75) is 45.0 Å². The number of hydrogen-bond acceptors (Lipinski definition) is 9. The van der Waals surface area contributed by atoms with Crippen molar-refractivity contribution in [2.24, 2.45) is 0 Å². The van der Waals surface area contributed by atoms with Crippen molar-refractivity contribution in [3.63, 3.8) is 0 Å². The molecule has 0 saturated heterocycles. The highest BCUT2D eigenvalue weighted by molar-refractivity contribution is 7.13. The summed E-state index contributed by atoms with van der Waals surface area (Å²) in [5, 5.41) is 25.1. The van der Waals surface area contributed by atoms with E-state index in [-0.39, 0.29) is 24.0 Å². The molecule has 3 aromatic rings. The van der Waals surface area contributed by atoms with Gasteiger partial charge in [-0.1, -0.05) is 30.3 Å². The molecule has 0 aliphatic heterocycles. The SMILES string of the molecule is CC(C)(C)OC(=O)N(CCc1ccc(NC(=O)[C@@H](O)c2csc(N)n2)cc1)CC(O)COc1ccccc1. The molecule has 3 rings (SSSR count). The van der Waals surface area contributed by atoms with E-state index in [0.29, 0.717) is 24.4 Å². The van der Waals surface area contributed by atoms with E-state index in [1.165, 1.54) is 10.3 Å². The molecule has 2 amide bonds. The summed E-state index contributed by atoms with van der Waals surface area (Å²) in [5.74, 6) is 0.0108. The number of carbonyl (C=O) groups is 2. The number of rotatable bonds is 11. The quantitative estimate of drug-likeness (QED) is 0.287. The zero-order valence-electron chi connectivity index (χ0n) is 21.7. The Bertz CT molecular complexity index is 1180. The first-order valence-corrected chi connectivity index (χ1v) is 13.0. The Labute approximate surface area is 226 Å². The lowest BCUT2D eigenvalue weighted by atomic mass is 10.1. The van der Waals surface area contributed by atoms with Gasteiger partial charge in [-0.25, -0.2) is 9.78 Å². The summed E-state index contributed by atoms with van der Waals surface area (Å²) in [6.07, 6.45) is -2.39. The second-order valence-corrected chi connectivity index (χ2v) is 10.5. The van der Waals surface area contributed by atoms with E-state index in [0.717, 1.165) is 16.9 Å². The van der Waals surface area contributed by atoms with Gasteiger partial charge in [-0.15, -0.1) is 11.3 Å². The fraction of sp³-hybridized carbons (Fsp3) is 0.370. The largest absolute Gasteiger partial charge is 0.491 e. The average Bonchev–Trinajstić information content (AvgIpc) is 3.31. The van der Waals surface area contributed by atoms with Crippen LogP contribution in [0.5, 0.6) is 5.75 Å². The standard InChI is InChI=1S/C27H34N4O6S/c1-27(2,3)37-26(35)31(15-20(32)16-36-21-7-5-4-6-8-21)14-13-18-9-11-19(12-10-18)29-24(34)23(33)22-17-38-25(28)30-22/h4-12,17,20,23,32-33H,13-16H2,1-3H3,(H2,28,30)(H,29,34)/t20?,23-/m0/s1. The van der Waals surface area contributed by atoms with Gasteiger partial charge in [0, 0.05) is 17.6 Å². The van der Waals surface area contributed by atoms with Crippen molar-refractivity contribution >= 4 is 34.2 Å². The molecule has 1 heterocycles. The molecule has 1 aromatic heterocycles. The molecule has 38 heavy (non-hydrogen) atoms. The number of hydrogen-bond donors (Lipinski definition) is 4. The Balaban J connectivity index is 1.56. The number of anilines is 2. The van der Waals surface area contributed by atoms with Gasteiger partial charge in [0.1, 0.15) is 24.1 Å². The molecule has 204 valence electrons. The summed E-state index contributed by atoms with van der Waals surface area (Å²) < 4.78 is 11.1. The lowest BCUT2D eigenvalue weighted by Gasteiger charge is -2.29. The first kappa shape index (κ1) is 28.9. The van der Waals surface area contributed by atoms with Crippen LogP contribution in [0, 0.1) is 0 Å². The summed E-state index contributed by atoms with van der Waals surface area (Å²) in [6.45, 7) is 5.71. The monoisotopic (exact) mass is 542 g/mol. The number of carbonyl (C=O) groups excluding carboxylic acids is 2. The number of nitrogens with zero attached hydrogens (tertiary/aromatic N) is 2. The van der Waals surface area contributed by atoms with Crippen LogP contribution in [0.4, 0.5) is 15.6 Å². The van der Waals surface area contributed by atoms with Gasteiger partial charge in [-0.05, 0) is 57.0 Å². The summed E-state index contributed by atoms with van der Waals surface area (Å²) in [7, 11) is 0. The smallest absolute Gasteiger partial charge is 0.410 e. The first-order valence-electron chi connectivity index (χ1n) is 12.1. The van der Waals surface area contributed by atoms with Gasteiger partial charge in [-0.3, -0.25) is 4.79 Å². The number of aliphatic hydroxyl groups is 2. The Kier molecular flexibility index (Phi) is 10.1. The molecule has 1 unspecified atom stereocenters. The van der Waals surface area contributed by atoms with E-state index in [1.54, 1.807) is 45.0 Å². The van der Waals surface area contributed by atoms with Gasteiger partial charge >= 0.3 is 6.09 Å². The van der Waals surface area contributed by atoms with E-state index in [9.17, 15) is 19.8 Å². The van der Waals surface area contributed by atoms with Gasteiger partial charge in [0.2, 0.25) is 0 Å². The normalized spacial score (nSPS) is 12.9. The second kappa shape index (κ2) is 13.2. The fourth-order valence-corrected chi connectivity index (χ4v) is 3.97. The highest BCUT2D eigenvalue weighted by Crippen LogP contribution is 2.20. The van der Waals surface area contributed by atoms with Gasteiger partial charge in [-0.2, -0.15) is 0 Å². The van der Waals surface area contributed by atoms with Gasteiger partial charge < -0.3 is 35.6 Å². The van der Waals surface area contributed by atoms with Crippen LogP contribution in [0.2, 0.25) is 0 Å². The number of para-hydroxylation sites is 1. The highest BCUT2D eigenvalue weighted by Gasteiger charge is 2.24. The molecule has 2 aromatic carbocycles. The third kappa shape index (κ3) is 9.33. The molecule has 11 heteroatoms. The number of aromatic nitrogens is 1. The topological polar surface area (TPSA) is 147 Å². The molecule has 5 N–H and O–H groups in total. The average molecular weight is 543 g/mol. The van der Waals surface area contributed by atoms with Crippen LogP contribution < -0.4 is 15.8 Å². The molecule has 0 aliphatic rings. The molecule has 0 spiro atoms. The van der Waals surface area contributed by atoms with E-state index >= 15 is 0 Å². The van der Waals surface area contributed by atoms with E-state index in [4.69, 9.17) is 15.2 Å². The number of ether oxygens (including phenoxy) is 2. The molecular formula is C27H34N4O6S. The predicted octanol–water partition coefficient (Wildman–Crippen LogP) is 3.62. The maximum absolute atomic E-state index is 12.8. The molecular weight excluding hydrogens is 508 g/mol. The van der Waals surface area contributed by atoms with Crippen LogP contribution in [0.25, 0.3) is 0 Å². The van der Waals surface area contributed by atoms with E-state index in [1.807, 2.05) is 30.3 Å². The minimum absolute atomic E-state index is 0.0249. The number of nitrogen functional groups attached to an aromatic ring is 1. The predicted molar refractivity (Wildman–Crippen MR) is 146 cm³/mol. The summed E-state index contributed by atoms with van der Waals surface area (Å²) in [5.41, 5.74) is 6.47. The van der Waals surface area contributed by atoms with Crippen LogP contribution in [0.1, 0.15) is 38.1 Å². The van der Waals surface area contributed by atoms with Crippen molar-refractivity contribution in [1.82, 2.24) is 9.88 Å². The molecule has 10 nitrogen and oxygen atoms in total. The third-order valence-electron chi connectivity index (χ3n) is 5.23. The maximum atomic E-state index is 12.8. The van der Waals surface area contributed by atoms with E-state index in [2.05, 4.69) is 10.3 Å². The summed E-state index contributed by atoms with van der Waals surface area (Å²) >= 11 is 1.14. The van der Waals surface area contributed by atoms with Crippen LogP contribution in [0.15, 0.2) is 60.0 Å². The number of nitrogens with two attached hydrogens (primary N) is 1. The van der Waals surface area contributed by atoms with Gasteiger partial charge in [0.05, 0.1) is 12.2 Å². The first-order chi connectivity index (χ1) is 18.0. The van der Waals surface area contributed by atoms with Crippen molar-refractivity contribution in [3.05, 3.63) is 71.2 Å². The summed E-state index contributed by atoms with van der Waals surface area (Å²) in [4.78, 5) is 30.5. The number of aliphatic hydroxyl groups excluding tert-OH is 2. The number of amides is 2. The Morgan fingerprint density at radius 3 is 2.39 bits per heavy atom. The summed E-state index contributed by atoms with van der Waals surface area (Å²) in [6, 6.07) is 16.2. The van der Waals surface area contributed by atoms with Crippen molar-refractivity contribution < 1.29 is 29.3 Å². The Morgan fingerprint density at radius 1 is 1.11 bits per heavy atom. The highest BCUT2D eigenvalue weighted by atomic mass is 32.1. The van der Waals surface area contributed by atoms with Crippen LogP contribution >= 0.6 is 11.3 Å². The van der Waals surface area contributed by atoms with Crippen LogP contribution in [0.3, 0.4) is 0 Å². The van der Waals surface area contributed by atoms with Crippen LogP contribution in [-0.2, 0) is 16.0 Å². The van der Waals surface area contributed by atoms with Crippen molar-refractivity contribution in [3.8, 4) is 5.75 Å². The van der Waals surface area contributed by atoms with Crippen LogP contribution in [-0.4, -0.2) is 63.5 Å². The molecule has 0 bridgehead atoms. The minimum Gasteiger partial charge on any atom is -0.491 e. The molecule has 0 aliphatic carbocycles. The molecule has 2 atom stereocenters. The van der Waals surface area contributed by atoms with E-state index < -0.39 is 29.8 Å². The second-order valence-electron chi connectivity index (χ2n) is 9.65. The van der Waals surface area contributed by atoms with Gasteiger partial charge in [0.15, 0.2) is 11.2 Å². The number of nitrogens with one attached hydrogen (secondary N) is 1. The zero-order chi connectivity index (χ0) is 27.7. The molecule has 0 saturated carbocycles. The number of thiazole rings is 1. The molecule has 0 fully saturated rings. The zero-order valence-corrected chi connectivity index (χ0v) is 22.5. The number of benzene rings is 2.